The van der Waals surface area contributed by atoms with Crippen molar-refractivity contribution in [1.82, 2.24) is 9.55 Å². The van der Waals surface area contributed by atoms with Gasteiger partial charge in [0.1, 0.15) is 11.6 Å². The Morgan fingerprint density at radius 2 is 1.95 bits per heavy atom. The molecule has 0 amide bonds. The number of rotatable bonds is 3. The third-order valence-corrected chi connectivity index (χ3v) is 3.49. The number of imidazole rings is 1. The van der Waals surface area contributed by atoms with Crippen LogP contribution in [0.3, 0.4) is 0 Å². The third-order valence-electron chi connectivity index (χ3n) is 3.25. The summed E-state index contributed by atoms with van der Waals surface area (Å²) < 4.78 is 2.04. The van der Waals surface area contributed by atoms with Crippen molar-refractivity contribution in [2.45, 2.75) is 6.54 Å². The smallest absolute Gasteiger partial charge is 0.128 e. The van der Waals surface area contributed by atoms with E-state index in [1.807, 2.05) is 41.9 Å². The molecule has 0 aliphatic carbocycles. The van der Waals surface area contributed by atoms with E-state index >= 15 is 0 Å². The monoisotopic (exact) mass is 287 g/mol. The summed E-state index contributed by atoms with van der Waals surface area (Å²) in [5.74, 6) is 1.18. The van der Waals surface area contributed by atoms with E-state index in [1.54, 1.807) is 12.1 Å². The lowest BCUT2D eigenvalue weighted by molar-refractivity contribution is 0.475. The number of hydrogen-bond acceptors (Lipinski definition) is 3. The number of nitrogens with one attached hydrogen (secondary N) is 1. The van der Waals surface area contributed by atoms with Crippen LogP contribution < -0.4 is 5.32 Å². The van der Waals surface area contributed by atoms with E-state index in [2.05, 4.69) is 10.3 Å². The number of phenols is 1. The topological polar surface area (TPSA) is 50.1 Å². The zero-order valence-corrected chi connectivity index (χ0v) is 11.7. The molecule has 102 valence electrons. The average Bonchev–Trinajstić information content (AvgIpc) is 2.74. The van der Waals surface area contributed by atoms with Crippen molar-refractivity contribution < 1.29 is 5.11 Å². The molecule has 2 N–H and O–H groups in total. The Kier molecular flexibility index (Phi) is 3.24. The second-order valence-electron chi connectivity index (χ2n) is 4.62. The maximum Gasteiger partial charge on any atom is 0.128 e. The predicted octanol–water partition coefficient (Wildman–Crippen LogP) is 3.54. The molecule has 2 aromatic carbocycles. The van der Waals surface area contributed by atoms with Crippen LogP contribution in [0.1, 0.15) is 5.82 Å². The largest absolute Gasteiger partial charge is 0.508 e. The number of nitrogens with zero attached hydrogens (tertiary/aromatic N) is 2. The van der Waals surface area contributed by atoms with Crippen LogP contribution in [0.15, 0.2) is 42.5 Å². The van der Waals surface area contributed by atoms with E-state index in [1.165, 1.54) is 0 Å². The first-order valence-corrected chi connectivity index (χ1v) is 6.65. The van der Waals surface area contributed by atoms with Crippen LogP contribution in [0.5, 0.6) is 5.75 Å². The van der Waals surface area contributed by atoms with Gasteiger partial charge in [0.25, 0.3) is 0 Å². The van der Waals surface area contributed by atoms with E-state index in [9.17, 15) is 5.11 Å². The van der Waals surface area contributed by atoms with Crippen LogP contribution in [0.4, 0.5) is 5.69 Å². The fraction of sp³-hybridized carbons (Fsp3) is 0.133. The summed E-state index contributed by atoms with van der Waals surface area (Å²) in [6.07, 6.45) is 0. The van der Waals surface area contributed by atoms with Crippen molar-refractivity contribution in [3.05, 3.63) is 53.3 Å². The molecule has 5 heteroatoms. The van der Waals surface area contributed by atoms with E-state index in [-0.39, 0.29) is 5.75 Å². The van der Waals surface area contributed by atoms with Gasteiger partial charge in [-0.15, -0.1) is 0 Å². The minimum Gasteiger partial charge on any atom is -0.508 e. The van der Waals surface area contributed by atoms with E-state index in [4.69, 9.17) is 11.6 Å². The van der Waals surface area contributed by atoms with Gasteiger partial charge in [-0.2, -0.15) is 0 Å². The van der Waals surface area contributed by atoms with Crippen LogP contribution in [-0.4, -0.2) is 14.7 Å². The van der Waals surface area contributed by atoms with Crippen LogP contribution in [0.2, 0.25) is 5.02 Å². The van der Waals surface area contributed by atoms with Gasteiger partial charge in [-0.1, -0.05) is 11.6 Å². The highest BCUT2D eigenvalue weighted by Gasteiger charge is 2.07. The van der Waals surface area contributed by atoms with Gasteiger partial charge in [-0.05, 0) is 42.5 Å². The van der Waals surface area contributed by atoms with Gasteiger partial charge in [-0.3, -0.25) is 0 Å². The van der Waals surface area contributed by atoms with Gasteiger partial charge in [0, 0.05) is 17.8 Å². The second-order valence-corrected chi connectivity index (χ2v) is 5.06. The lowest BCUT2D eigenvalue weighted by Crippen LogP contribution is -2.05. The predicted molar refractivity (Wildman–Crippen MR) is 81.2 cm³/mol. The minimum absolute atomic E-state index is 0.257. The van der Waals surface area contributed by atoms with E-state index in [0.717, 1.165) is 22.5 Å². The number of aromatic hydroxyl groups is 1. The molecule has 1 heterocycles. The number of aromatic nitrogens is 2. The number of halogens is 1. The molecule has 0 aliphatic heterocycles. The molecule has 0 atom stereocenters. The number of benzene rings is 2. The molecule has 3 aromatic rings. The summed E-state index contributed by atoms with van der Waals surface area (Å²) in [6, 6.07) is 12.6. The summed E-state index contributed by atoms with van der Waals surface area (Å²) in [7, 11) is 1.98. The molecular weight excluding hydrogens is 274 g/mol. The fourth-order valence-corrected chi connectivity index (χ4v) is 2.31. The molecule has 0 spiro atoms. The van der Waals surface area contributed by atoms with Gasteiger partial charge < -0.3 is 15.0 Å². The van der Waals surface area contributed by atoms with E-state index < -0.39 is 0 Å². The number of anilines is 1. The number of hydrogen-bond donors (Lipinski definition) is 2. The van der Waals surface area contributed by atoms with Gasteiger partial charge in [0.15, 0.2) is 0 Å². The van der Waals surface area contributed by atoms with Crippen molar-refractivity contribution in [2.24, 2.45) is 7.05 Å². The highest BCUT2D eigenvalue weighted by molar-refractivity contribution is 6.31. The molecule has 0 bridgehead atoms. The van der Waals surface area contributed by atoms with Crippen molar-refractivity contribution >= 4 is 28.3 Å². The molecule has 20 heavy (non-hydrogen) atoms. The maximum atomic E-state index is 9.25. The van der Waals surface area contributed by atoms with E-state index in [0.29, 0.717) is 11.6 Å². The Morgan fingerprint density at radius 3 is 2.70 bits per heavy atom. The van der Waals surface area contributed by atoms with Crippen molar-refractivity contribution in [3.63, 3.8) is 0 Å². The number of phenolic OH excluding ortho intramolecular Hbond substituents is 1. The molecule has 0 aliphatic rings. The first-order chi connectivity index (χ1) is 9.63. The maximum absolute atomic E-state index is 9.25. The number of fused-ring (bicyclic) bond motifs is 1. The Bertz CT molecular complexity index is 750. The van der Waals surface area contributed by atoms with Gasteiger partial charge in [0.05, 0.1) is 17.6 Å². The molecule has 1 aromatic heterocycles. The lowest BCUT2D eigenvalue weighted by Gasteiger charge is -2.06. The molecule has 0 radical (unpaired) electrons. The Labute approximate surface area is 121 Å². The van der Waals surface area contributed by atoms with Crippen molar-refractivity contribution in [1.29, 1.82) is 0 Å². The zero-order chi connectivity index (χ0) is 14.1. The molecule has 0 saturated carbocycles. The van der Waals surface area contributed by atoms with Gasteiger partial charge in [0.2, 0.25) is 0 Å². The second kappa shape index (κ2) is 5.06. The van der Waals surface area contributed by atoms with Crippen LogP contribution in [-0.2, 0) is 13.6 Å². The summed E-state index contributed by atoms with van der Waals surface area (Å²) in [5.41, 5.74) is 2.88. The summed E-state index contributed by atoms with van der Waals surface area (Å²) in [5, 5.41) is 13.2. The van der Waals surface area contributed by atoms with Crippen LogP contribution in [0, 0.1) is 0 Å². The zero-order valence-electron chi connectivity index (χ0n) is 11.0. The quantitative estimate of drug-likeness (QED) is 0.724. The molecule has 3 rings (SSSR count). The highest BCUT2D eigenvalue weighted by Crippen LogP contribution is 2.20. The Balaban J connectivity index is 1.84. The first-order valence-electron chi connectivity index (χ1n) is 6.27. The Hall–Kier alpha value is -2.20. The average molecular weight is 288 g/mol. The van der Waals surface area contributed by atoms with Crippen LogP contribution in [0.25, 0.3) is 11.0 Å². The van der Waals surface area contributed by atoms with Crippen molar-refractivity contribution in [2.75, 3.05) is 5.32 Å². The SMILES string of the molecule is Cn1c(CNc2ccc(O)cc2)nc2cc(Cl)ccc21. The first kappa shape index (κ1) is 12.8. The number of aryl methyl sites for hydroxylation is 1. The highest BCUT2D eigenvalue weighted by atomic mass is 35.5. The molecule has 0 unspecified atom stereocenters. The lowest BCUT2D eigenvalue weighted by atomic mass is 10.3. The standard InChI is InChI=1S/C15H14ClN3O/c1-19-14-7-2-10(16)8-13(14)18-15(19)9-17-11-3-5-12(20)6-4-11/h2-8,17,20H,9H2,1H3. The molecule has 0 saturated heterocycles. The fourth-order valence-electron chi connectivity index (χ4n) is 2.14. The molecule has 4 nitrogen and oxygen atoms in total. The molecule has 0 fully saturated rings. The molecular formula is C15H14ClN3O. The van der Waals surface area contributed by atoms with Gasteiger partial charge in [-0.25, -0.2) is 4.98 Å². The minimum atomic E-state index is 0.257. The van der Waals surface area contributed by atoms with Crippen molar-refractivity contribution in [3.8, 4) is 5.75 Å². The normalized spacial score (nSPS) is 10.9. The summed E-state index contributed by atoms with van der Waals surface area (Å²) >= 11 is 5.98. The summed E-state index contributed by atoms with van der Waals surface area (Å²) in [4.78, 5) is 4.57. The van der Waals surface area contributed by atoms with Crippen LogP contribution >= 0.6 is 11.6 Å². The summed E-state index contributed by atoms with van der Waals surface area (Å²) in [6.45, 7) is 0.605. The third kappa shape index (κ3) is 2.42. The van der Waals surface area contributed by atoms with Gasteiger partial charge >= 0.3 is 0 Å². The Morgan fingerprint density at radius 1 is 1.20 bits per heavy atom.